The van der Waals surface area contributed by atoms with E-state index in [1.807, 2.05) is 25.7 Å². The van der Waals surface area contributed by atoms with Crippen molar-refractivity contribution in [2.75, 3.05) is 29.9 Å². The number of rotatable bonds is 8. The molecule has 0 unspecified atom stereocenters. The molecule has 0 aliphatic carbocycles. The Morgan fingerprint density at radius 1 is 1.43 bits per heavy atom. The smallest absolute Gasteiger partial charge is 0.239 e. The van der Waals surface area contributed by atoms with Crippen LogP contribution in [0.15, 0.2) is 10.7 Å². The van der Waals surface area contributed by atoms with Gasteiger partial charge in [0.25, 0.3) is 0 Å². The van der Waals surface area contributed by atoms with Crippen LogP contribution in [-0.2, 0) is 4.79 Å². The van der Waals surface area contributed by atoms with Crippen molar-refractivity contribution in [2.45, 2.75) is 40.2 Å². The zero-order valence-electron chi connectivity index (χ0n) is 13.1. The maximum atomic E-state index is 11.9. The maximum absolute atomic E-state index is 11.9. The van der Waals surface area contributed by atoms with Crippen molar-refractivity contribution in [1.29, 1.82) is 0 Å². The highest BCUT2D eigenvalue weighted by molar-refractivity contribution is 9.10. The van der Waals surface area contributed by atoms with Gasteiger partial charge in [-0.3, -0.25) is 4.79 Å². The Morgan fingerprint density at radius 2 is 2.14 bits per heavy atom. The molecule has 0 radical (unpaired) electrons. The number of amides is 1. The molecule has 6 nitrogen and oxygen atoms in total. The van der Waals surface area contributed by atoms with Gasteiger partial charge in [0.15, 0.2) is 0 Å². The minimum Gasteiger partial charge on any atom is -0.354 e. The van der Waals surface area contributed by atoms with Gasteiger partial charge in [-0.05, 0) is 43.1 Å². The molecule has 0 saturated heterocycles. The Balaban J connectivity index is 2.85. The van der Waals surface area contributed by atoms with Crippen molar-refractivity contribution in [1.82, 2.24) is 15.3 Å². The van der Waals surface area contributed by atoms with E-state index in [2.05, 4.69) is 43.5 Å². The zero-order valence-corrected chi connectivity index (χ0v) is 14.7. The van der Waals surface area contributed by atoms with Gasteiger partial charge in [-0.1, -0.05) is 6.92 Å². The van der Waals surface area contributed by atoms with Crippen LogP contribution in [0.5, 0.6) is 0 Å². The predicted molar refractivity (Wildman–Crippen MR) is 89.7 cm³/mol. The monoisotopic (exact) mass is 357 g/mol. The van der Waals surface area contributed by atoms with Crippen LogP contribution in [0.2, 0.25) is 0 Å². The second kappa shape index (κ2) is 8.81. The molecular formula is C14H24BrN5O. The first-order chi connectivity index (χ1) is 9.97. The van der Waals surface area contributed by atoms with Gasteiger partial charge in [0, 0.05) is 25.3 Å². The van der Waals surface area contributed by atoms with E-state index in [0.29, 0.717) is 12.5 Å². The van der Waals surface area contributed by atoms with Crippen LogP contribution in [0.4, 0.5) is 11.8 Å². The molecule has 0 atom stereocenters. The molecule has 0 fully saturated rings. The van der Waals surface area contributed by atoms with Crippen LogP contribution in [0, 0.1) is 0 Å². The Kier molecular flexibility index (Phi) is 7.42. The van der Waals surface area contributed by atoms with Crippen molar-refractivity contribution in [2.24, 2.45) is 0 Å². The molecule has 1 heterocycles. The van der Waals surface area contributed by atoms with E-state index < -0.39 is 0 Å². The van der Waals surface area contributed by atoms with Crippen molar-refractivity contribution in [3.8, 4) is 0 Å². The number of carbonyl (C=O) groups is 1. The number of halogens is 1. The third-order valence-electron chi connectivity index (χ3n) is 2.72. The molecule has 7 heteroatoms. The summed E-state index contributed by atoms with van der Waals surface area (Å²) in [7, 11) is 0. The van der Waals surface area contributed by atoms with Crippen LogP contribution in [0.1, 0.15) is 34.1 Å². The van der Waals surface area contributed by atoms with E-state index in [0.717, 1.165) is 23.3 Å². The number of likely N-dealkylation sites (N-methyl/N-ethyl adjacent to an activating group) is 1. The van der Waals surface area contributed by atoms with Gasteiger partial charge in [-0.15, -0.1) is 0 Å². The number of hydrogen-bond acceptors (Lipinski definition) is 5. The normalized spacial score (nSPS) is 10.6. The highest BCUT2D eigenvalue weighted by Crippen LogP contribution is 2.24. The van der Waals surface area contributed by atoms with Crippen LogP contribution in [-0.4, -0.2) is 41.6 Å². The summed E-state index contributed by atoms with van der Waals surface area (Å²) in [6.45, 7) is 9.76. The molecule has 0 bridgehead atoms. The number of carbonyl (C=O) groups excluding carboxylic acids is 1. The molecule has 0 aliphatic rings. The van der Waals surface area contributed by atoms with Crippen molar-refractivity contribution < 1.29 is 4.79 Å². The fourth-order valence-corrected chi connectivity index (χ4v) is 2.22. The van der Waals surface area contributed by atoms with Crippen LogP contribution in [0.3, 0.4) is 0 Å². The molecule has 1 amide bonds. The summed E-state index contributed by atoms with van der Waals surface area (Å²) in [5.74, 6) is 1.29. The molecule has 2 N–H and O–H groups in total. The van der Waals surface area contributed by atoms with Crippen LogP contribution in [0.25, 0.3) is 0 Å². The van der Waals surface area contributed by atoms with E-state index in [-0.39, 0.29) is 18.5 Å². The fourth-order valence-electron chi connectivity index (χ4n) is 1.78. The molecule has 1 aromatic rings. The predicted octanol–water partition coefficient (Wildman–Crippen LogP) is 2.41. The van der Waals surface area contributed by atoms with E-state index in [4.69, 9.17) is 0 Å². The first kappa shape index (κ1) is 17.7. The lowest BCUT2D eigenvalue weighted by atomic mass is 10.3. The molecule has 1 aromatic heterocycles. The number of nitrogens with zero attached hydrogens (tertiary/aromatic N) is 3. The first-order valence-corrected chi connectivity index (χ1v) is 8.07. The summed E-state index contributed by atoms with van der Waals surface area (Å²) >= 11 is 3.45. The van der Waals surface area contributed by atoms with E-state index >= 15 is 0 Å². The molecule has 0 aliphatic heterocycles. The van der Waals surface area contributed by atoms with E-state index in [1.165, 1.54) is 0 Å². The second-order valence-electron chi connectivity index (χ2n) is 5.03. The Labute approximate surface area is 134 Å². The Hall–Kier alpha value is -1.37. The number of aromatic nitrogens is 2. The molecule has 118 valence electrons. The van der Waals surface area contributed by atoms with Gasteiger partial charge in [0.1, 0.15) is 5.82 Å². The van der Waals surface area contributed by atoms with Gasteiger partial charge in [-0.25, -0.2) is 4.98 Å². The lowest BCUT2D eigenvalue weighted by molar-refractivity contribution is -0.120. The second-order valence-corrected chi connectivity index (χ2v) is 5.88. The first-order valence-electron chi connectivity index (χ1n) is 7.28. The summed E-state index contributed by atoms with van der Waals surface area (Å²) in [4.78, 5) is 22.6. The Bertz CT molecular complexity index is 467. The standard InChI is InChI=1S/C14H24BrN5O/c1-5-7-16-14-17-8-11(15)13(19-14)20(6-2)9-12(21)18-10(3)4/h8,10H,5-7,9H2,1-4H3,(H,18,21)(H,16,17,19). The number of nitrogens with one attached hydrogen (secondary N) is 2. The molecule has 0 saturated carbocycles. The van der Waals surface area contributed by atoms with Gasteiger partial charge < -0.3 is 15.5 Å². The van der Waals surface area contributed by atoms with E-state index in [9.17, 15) is 4.79 Å². The summed E-state index contributed by atoms with van der Waals surface area (Å²) in [5, 5.41) is 6.05. The SMILES string of the molecule is CCCNc1ncc(Br)c(N(CC)CC(=O)NC(C)C)n1. The van der Waals surface area contributed by atoms with Crippen LogP contribution < -0.4 is 15.5 Å². The van der Waals surface area contributed by atoms with Crippen molar-refractivity contribution in [3.63, 3.8) is 0 Å². The summed E-state index contributed by atoms with van der Waals surface area (Å²) < 4.78 is 0.781. The third kappa shape index (κ3) is 5.87. The van der Waals surface area contributed by atoms with Crippen LogP contribution >= 0.6 is 15.9 Å². The van der Waals surface area contributed by atoms with Crippen molar-refractivity contribution in [3.05, 3.63) is 10.7 Å². The molecule has 0 spiro atoms. The number of anilines is 2. The Morgan fingerprint density at radius 3 is 2.71 bits per heavy atom. The summed E-state index contributed by atoms with van der Waals surface area (Å²) in [6.07, 6.45) is 2.71. The molecule has 0 aromatic carbocycles. The molecule has 1 rings (SSSR count). The highest BCUT2D eigenvalue weighted by atomic mass is 79.9. The summed E-state index contributed by atoms with van der Waals surface area (Å²) in [5.41, 5.74) is 0. The van der Waals surface area contributed by atoms with E-state index in [1.54, 1.807) is 6.20 Å². The fraction of sp³-hybridized carbons (Fsp3) is 0.643. The van der Waals surface area contributed by atoms with Gasteiger partial charge >= 0.3 is 0 Å². The van der Waals surface area contributed by atoms with Gasteiger partial charge in [0.05, 0.1) is 11.0 Å². The quantitative estimate of drug-likeness (QED) is 0.747. The summed E-state index contributed by atoms with van der Waals surface area (Å²) in [6, 6.07) is 0.131. The van der Waals surface area contributed by atoms with Gasteiger partial charge in [-0.2, -0.15) is 4.98 Å². The zero-order chi connectivity index (χ0) is 15.8. The lowest BCUT2D eigenvalue weighted by Crippen LogP contribution is -2.40. The van der Waals surface area contributed by atoms with Crippen molar-refractivity contribution >= 4 is 33.6 Å². The van der Waals surface area contributed by atoms with Gasteiger partial charge in [0.2, 0.25) is 11.9 Å². The lowest BCUT2D eigenvalue weighted by Gasteiger charge is -2.23. The maximum Gasteiger partial charge on any atom is 0.239 e. The minimum absolute atomic E-state index is 0.0135. The average Bonchev–Trinajstić information content (AvgIpc) is 2.43. The minimum atomic E-state index is -0.0135. The largest absolute Gasteiger partial charge is 0.354 e. The molecular weight excluding hydrogens is 334 g/mol. The average molecular weight is 358 g/mol. The highest BCUT2D eigenvalue weighted by Gasteiger charge is 2.16. The number of hydrogen-bond donors (Lipinski definition) is 2. The molecule has 21 heavy (non-hydrogen) atoms. The third-order valence-corrected chi connectivity index (χ3v) is 3.28. The topological polar surface area (TPSA) is 70.2 Å².